The first-order valence-corrected chi connectivity index (χ1v) is 7.74. The molecule has 0 fully saturated rings. The van der Waals surface area contributed by atoms with Gasteiger partial charge in [0.05, 0.1) is 6.42 Å². The molecular formula is C15H15ClN2O3S. The number of esters is 1. The van der Waals surface area contributed by atoms with Crippen LogP contribution in [0.5, 0.6) is 0 Å². The van der Waals surface area contributed by atoms with Crippen molar-refractivity contribution in [2.75, 3.05) is 12.4 Å². The Labute approximate surface area is 138 Å². The van der Waals surface area contributed by atoms with Crippen molar-refractivity contribution < 1.29 is 14.3 Å². The van der Waals surface area contributed by atoms with Crippen molar-refractivity contribution in [3.8, 4) is 6.07 Å². The second-order valence-corrected chi connectivity index (χ2v) is 5.91. The molecule has 0 aromatic heterocycles. The highest BCUT2D eigenvalue weighted by Gasteiger charge is 2.14. The van der Waals surface area contributed by atoms with Gasteiger partial charge in [0.2, 0.25) is 5.78 Å². The van der Waals surface area contributed by atoms with E-state index >= 15 is 0 Å². The van der Waals surface area contributed by atoms with E-state index in [-0.39, 0.29) is 17.7 Å². The van der Waals surface area contributed by atoms with Crippen molar-refractivity contribution in [3.05, 3.63) is 40.6 Å². The van der Waals surface area contributed by atoms with Crippen LogP contribution in [0.1, 0.15) is 13.3 Å². The van der Waals surface area contributed by atoms with E-state index in [1.807, 2.05) is 12.1 Å². The number of hydrogen-bond donors (Lipinski definition) is 1. The van der Waals surface area contributed by atoms with Crippen LogP contribution < -0.4 is 5.73 Å². The number of carbonyl (C=O) groups is 2. The van der Waals surface area contributed by atoms with Crippen LogP contribution in [0, 0.1) is 11.3 Å². The van der Waals surface area contributed by atoms with Gasteiger partial charge in [-0.3, -0.25) is 9.59 Å². The lowest BCUT2D eigenvalue weighted by molar-refractivity contribution is -0.146. The number of Topliss-reactive ketones (excluding diaryl/α,β-unsaturated/α-hetero) is 1. The van der Waals surface area contributed by atoms with E-state index in [1.54, 1.807) is 18.2 Å². The number of nitriles is 1. The number of nitrogens with two attached hydrogens (primary N) is 1. The SMILES string of the molecule is C/C(N)=C(/C#N)C(=O)COC(=O)CCSc1ccc(Cl)cc1. The van der Waals surface area contributed by atoms with Crippen LogP contribution in [0.2, 0.25) is 5.02 Å². The quantitative estimate of drug-likeness (QED) is 0.355. The lowest BCUT2D eigenvalue weighted by Crippen LogP contribution is -2.17. The minimum absolute atomic E-state index is 0.113. The predicted molar refractivity (Wildman–Crippen MR) is 85.3 cm³/mol. The van der Waals surface area contributed by atoms with Crippen LogP contribution in [0.15, 0.2) is 40.4 Å². The van der Waals surface area contributed by atoms with Gasteiger partial charge in [-0.25, -0.2) is 0 Å². The summed E-state index contributed by atoms with van der Waals surface area (Å²) in [6.07, 6.45) is 0.160. The Morgan fingerprint density at radius 3 is 2.55 bits per heavy atom. The lowest BCUT2D eigenvalue weighted by atomic mass is 10.1. The molecule has 1 aromatic carbocycles. The number of thioether (sulfide) groups is 1. The molecular weight excluding hydrogens is 324 g/mol. The summed E-state index contributed by atoms with van der Waals surface area (Å²) in [6, 6.07) is 8.95. The lowest BCUT2D eigenvalue weighted by Gasteiger charge is -2.05. The van der Waals surface area contributed by atoms with Crippen molar-refractivity contribution in [3.63, 3.8) is 0 Å². The molecule has 1 aromatic rings. The fourth-order valence-corrected chi connectivity index (χ4v) is 2.40. The number of nitrogens with zero attached hydrogens (tertiary/aromatic N) is 1. The highest BCUT2D eigenvalue weighted by atomic mass is 35.5. The largest absolute Gasteiger partial charge is 0.457 e. The van der Waals surface area contributed by atoms with Crippen LogP contribution in [-0.4, -0.2) is 24.1 Å². The Morgan fingerprint density at radius 2 is 2.00 bits per heavy atom. The average molecular weight is 339 g/mol. The molecule has 116 valence electrons. The summed E-state index contributed by atoms with van der Waals surface area (Å²) in [7, 11) is 0. The van der Waals surface area contributed by atoms with Gasteiger partial charge in [-0.15, -0.1) is 11.8 Å². The molecule has 5 nitrogen and oxygen atoms in total. The molecule has 7 heteroatoms. The number of benzene rings is 1. The molecule has 0 aliphatic rings. The molecule has 1 rings (SSSR count). The molecule has 0 unspecified atom stereocenters. The molecule has 0 saturated heterocycles. The van der Waals surface area contributed by atoms with E-state index in [2.05, 4.69) is 0 Å². The van der Waals surface area contributed by atoms with E-state index in [1.165, 1.54) is 18.7 Å². The van der Waals surface area contributed by atoms with Crippen LogP contribution in [-0.2, 0) is 14.3 Å². The molecule has 0 saturated carbocycles. The normalized spacial score (nSPS) is 11.3. The third kappa shape index (κ3) is 6.20. The monoisotopic (exact) mass is 338 g/mol. The number of halogens is 1. The maximum absolute atomic E-state index is 11.6. The summed E-state index contributed by atoms with van der Waals surface area (Å²) < 4.78 is 4.83. The molecule has 0 heterocycles. The van der Waals surface area contributed by atoms with E-state index in [4.69, 9.17) is 27.3 Å². The summed E-state index contributed by atoms with van der Waals surface area (Å²) in [6.45, 7) is 0.975. The topological polar surface area (TPSA) is 93.2 Å². The highest BCUT2D eigenvalue weighted by molar-refractivity contribution is 7.99. The Balaban J connectivity index is 2.32. The summed E-state index contributed by atoms with van der Waals surface area (Å²) in [5.41, 5.74) is 5.33. The van der Waals surface area contributed by atoms with Gasteiger partial charge in [0, 0.05) is 21.4 Å². The minimum atomic E-state index is -0.596. The Hall–Kier alpha value is -1.97. The van der Waals surface area contributed by atoms with Gasteiger partial charge in [-0.1, -0.05) is 11.6 Å². The molecule has 0 spiro atoms. The highest BCUT2D eigenvalue weighted by Crippen LogP contribution is 2.21. The van der Waals surface area contributed by atoms with Crippen molar-refractivity contribution in [1.82, 2.24) is 0 Å². The number of ether oxygens (including phenoxy) is 1. The van der Waals surface area contributed by atoms with Gasteiger partial charge in [-0.05, 0) is 31.2 Å². The zero-order valence-electron chi connectivity index (χ0n) is 12.0. The maximum Gasteiger partial charge on any atom is 0.307 e. The van der Waals surface area contributed by atoms with Gasteiger partial charge in [0.1, 0.15) is 11.6 Å². The van der Waals surface area contributed by atoms with E-state index < -0.39 is 18.4 Å². The second-order valence-electron chi connectivity index (χ2n) is 4.31. The van der Waals surface area contributed by atoms with E-state index in [0.29, 0.717) is 10.8 Å². The smallest absolute Gasteiger partial charge is 0.307 e. The van der Waals surface area contributed by atoms with Gasteiger partial charge in [0.15, 0.2) is 6.61 Å². The number of ketones is 1. The average Bonchev–Trinajstić information content (AvgIpc) is 2.47. The van der Waals surface area contributed by atoms with Crippen molar-refractivity contribution in [2.24, 2.45) is 5.73 Å². The minimum Gasteiger partial charge on any atom is -0.457 e. The van der Waals surface area contributed by atoms with Crippen molar-refractivity contribution in [2.45, 2.75) is 18.2 Å². The Bertz CT molecular complexity index is 617. The van der Waals surface area contributed by atoms with Crippen LogP contribution in [0.3, 0.4) is 0 Å². The van der Waals surface area contributed by atoms with Gasteiger partial charge < -0.3 is 10.5 Å². The fourth-order valence-electron chi connectivity index (χ4n) is 1.44. The first-order chi connectivity index (χ1) is 10.4. The number of hydrogen-bond acceptors (Lipinski definition) is 6. The third-order valence-corrected chi connectivity index (χ3v) is 3.80. The summed E-state index contributed by atoms with van der Waals surface area (Å²) in [5, 5.41) is 9.41. The zero-order chi connectivity index (χ0) is 16.5. The summed E-state index contributed by atoms with van der Waals surface area (Å²) in [4.78, 5) is 24.1. The third-order valence-electron chi connectivity index (χ3n) is 2.54. The summed E-state index contributed by atoms with van der Waals surface area (Å²) in [5.74, 6) is -0.575. The number of rotatable bonds is 7. The zero-order valence-corrected chi connectivity index (χ0v) is 13.5. The molecule has 0 aliphatic carbocycles. The summed E-state index contributed by atoms with van der Waals surface area (Å²) >= 11 is 7.26. The number of allylic oxidation sites excluding steroid dienone is 1. The standard InChI is InChI=1S/C15H15ClN2O3S/c1-10(18)13(8-17)14(19)9-21-15(20)6-7-22-12-4-2-11(16)3-5-12/h2-5H,6-7,9,18H2,1H3/b13-10+. The molecule has 0 radical (unpaired) electrons. The molecule has 0 aliphatic heterocycles. The van der Waals surface area contributed by atoms with Crippen LogP contribution in [0.25, 0.3) is 0 Å². The molecule has 22 heavy (non-hydrogen) atoms. The van der Waals surface area contributed by atoms with Gasteiger partial charge in [0.25, 0.3) is 0 Å². The van der Waals surface area contributed by atoms with Gasteiger partial charge >= 0.3 is 5.97 Å². The second kappa shape index (κ2) is 9.13. The number of carbonyl (C=O) groups excluding carboxylic acids is 2. The van der Waals surface area contributed by atoms with Crippen molar-refractivity contribution >= 4 is 35.1 Å². The maximum atomic E-state index is 11.6. The predicted octanol–water partition coefficient (Wildman–Crippen LogP) is 2.69. The van der Waals surface area contributed by atoms with Crippen LogP contribution >= 0.6 is 23.4 Å². The Kier molecular flexibility index (Phi) is 7.50. The Morgan fingerprint density at radius 1 is 1.36 bits per heavy atom. The van der Waals surface area contributed by atoms with Gasteiger partial charge in [-0.2, -0.15) is 5.26 Å². The van der Waals surface area contributed by atoms with E-state index in [9.17, 15) is 9.59 Å². The van der Waals surface area contributed by atoms with Crippen LogP contribution in [0.4, 0.5) is 0 Å². The molecule has 2 N–H and O–H groups in total. The first kappa shape index (κ1) is 18.1. The molecule has 0 atom stereocenters. The first-order valence-electron chi connectivity index (χ1n) is 6.37. The van der Waals surface area contributed by atoms with E-state index in [0.717, 1.165) is 4.90 Å². The fraction of sp³-hybridized carbons (Fsp3) is 0.267. The molecule has 0 bridgehead atoms. The molecule has 0 amide bonds. The van der Waals surface area contributed by atoms with Crippen molar-refractivity contribution in [1.29, 1.82) is 5.26 Å².